The molecule has 3 aromatic carbocycles. The molecule has 0 saturated heterocycles. The van der Waals surface area contributed by atoms with E-state index >= 15 is 0 Å². The Morgan fingerprint density at radius 1 is 0.880 bits per heavy atom. The summed E-state index contributed by atoms with van der Waals surface area (Å²) in [6.07, 6.45) is 0. The van der Waals surface area contributed by atoms with Crippen LogP contribution < -0.4 is 10.5 Å². The summed E-state index contributed by atoms with van der Waals surface area (Å²) in [4.78, 5) is 0. The van der Waals surface area contributed by atoms with Gasteiger partial charge in [-0.2, -0.15) is 0 Å². The lowest BCUT2D eigenvalue weighted by Crippen LogP contribution is -2.10. The molecule has 1 aromatic heterocycles. The molecule has 4 heteroatoms. The molecule has 0 radical (unpaired) electrons. The smallest absolute Gasteiger partial charge is 0.129 e. The van der Waals surface area contributed by atoms with Crippen LogP contribution in [-0.4, -0.2) is 17.7 Å². The second-order valence-electron chi connectivity index (χ2n) is 5.98. The topological polar surface area (TPSA) is 40.2 Å². The highest BCUT2D eigenvalue weighted by Gasteiger charge is 2.15. The molecular weight excluding hydrogens is 315 g/mol. The fourth-order valence-corrected chi connectivity index (χ4v) is 3.32. The van der Waals surface area contributed by atoms with E-state index in [0.717, 1.165) is 27.6 Å². The fraction of sp³-hybridized carbons (Fsp3) is 0.143. The van der Waals surface area contributed by atoms with Crippen LogP contribution in [-0.2, 0) is 6.54 Å². The third kappa shape index (κ3) is 2.75. The van der Waals surface area contributed by atoms with Crippen molar-refractivity contribution < 1.29 is 9.13 Å². The van der Waals surface area contributed by atoms with E-state index < -0.39 is 0 Å². The molecule has 0 saturated carbocycles. The van der Waals surface area contributed by atoms with Crippen molar-refractivity contribution in [2.75, 3.05) is 13.2 Å². The first-order valence-electron chi connectivity index (χ1n) is 8.36. The lowest BCUT2D eigenvalue weighted by Gasteiger charge is -2.10. The fourth-order valence-electron chi connectivity index (χ4n) is 3.32. The van der Waals surface area contributed by atoms with Gasteiger partial charge in [-0.1, -0.05) is 42.5 Å². The van der Waals surface area contributed by atoms with Crippen molar-refractivity contribution in [3.8, 4) is 5.75 Å². The number of ether oxygens (including phenoxy) is 1. The number of hydrogen-bond acceptors (Lipinski definition) is 2. The van der Waals surface area contributed by atoms with Crippen LogP contribution in [0.3, 0.4) is 0 Å². The summed E-state index contributed by atoms with van der Waals surface area (Å²) < 4.78 is 22.2. The Labute approximate surface area is 145 Å². The van der Waals surface area contributed by atoms with Crippen molar-refractivity contribution in [3.63, 3.8) is 0 Å². The van der Waals surface area contributed by atoms with Crippen LogP contribution in [0.15, 0.2) is 66.7 Å². The van der Waals surface area contributed by atoms with E-state index in [1.165, 1.54) is 6.07 Å². The summed E-state index contributed by atoms with van der Waals surface area (Å²) >= 11 is 0. The number of halogens is 1. The van der Waals surface area contributed by atoms with Gasteiger partial charge in [-0.05, 0) is 24.3 Å². The van der Waals surface area contributed by atoms with Gasteiger partial charge in [0.2, 0.25) is 0 Å². The van der Waals surface area contributed by atoms with E-state index in [1.807, 2.05) is 42.5 Å². The molecule has 0 fully saturated rings. The van der Waals surface area contributed by atoms with Gasteiger partial charge in [-0.3, -0.25) is 0 Å². The van der Waals surface area contributed by atoms with Gasteiger partial charge in [0, 0.05) is 28.4 Å². The zero-order chi connectivity index (χ0) is 17.2. The molecule has 25 heavy (non-hydrogen) atoms. The van der Waals surface area contributed by atoms with E-state index in [0.29, 0.717) is 25.3 Å². The predicted octanol–water partition coefficient (Wildman–Crippen LogP) is 4.32. The molecule has 0 amide bonds. The lowest BCUT2D eigenvalue weighted by atomic mass is 10.1. The molecule has 0 aliphatic rings. The highest BCUT2D eigenvalue weighted by molar-refractivity contribution is 6.11. The van der Waals surface area contributed by atoms with Gasteiger partial charge < -0.3 is 15.0 Å². The molecule has 3 nitrogen and oxygen atoms in total. The minimum atomic E-state index is -0.191. The van der Waals surface area contributed by atoms with Gasteiger partial charge in [0.05, 0.1) is 12.1 Å². The Kier molecular flexibility index (Phi) is 4.12. The summed E-state index contributed by atoms with van der Waals surface area (Å²) in [5, 5.41) is 2.14. The number of para-hydroxylation sites is 1. The van der Waals surface area contributed by atoms with Crippen LogP contribution in [0.1, 0.15) is 5.56 Å². The third-order valence-corrected chi connectivity index (χ3v) is 4.42. The molecule has 0 aliphatic heterocycles. The number of rotatable bonds is 5. The normalized spacial score (nSPS) is 11.3. The summed E-state index contributed by atoms with van der Waals surface area (Å²) in [6, 6.07) is 21.0. The summed E-state index contributed by atoms with van der Waals surface area (Å²) in [6.45, 7) is 1.40. The van der Waals surface area contributed by atoms with E-state index in [9.17, 15) is 4.39 Å². The first kappa shape index (κ1) is 15.7. The zero-order valence-corrected chi connectivity index (χ0v) is 13.8. The molecule has 0 bridgehead atoms. The molecule has 4 aromatic rings. The maximum atomic E-state index is 14.2. The minimum Gasteiger partial charge on any atom is -0.492 e. The first-order valence-corrected chi connectivity index (χ1v) is 8.36. The van der Waals surface area contributed by atoms with Crippen molar-refractivity contribution in [2.45, 2.75) is 6.54 Å². The maximum absolute atomic E-state index is 14.2. The van der Waals surface area contributed by atoms with Crippen molar-refractivity contribution in [1.82, 2.24) is 4.57 Å². The molecule has 4 rings (SSSR count). The highest BCUT2D eigenvalue weighted by atomic mass is 19.1. The molecular formula is C21H19FN2O. The number of nitrogens with two attached hydrogens (primary N) is 1. The Hall–Kier alpha value is -2.85. The Bertz CT molecular complexity index is 1040. The largest absolute Gasteiger partial charge is 0.492 e. The van der Waals surface area contributed by atoms with Gasteiger partial charge in [0.25, 0.3) is 0 Å². The standard InChI is InChI=1S/C21H19FN2O/c22-17-8-3-1-6-15(17)14-24-18-9-4-2-7-16(18)21-19(24)10-5-11-20(21)25-13-12-23/h1-11H,12-14,23H2. The minimum absolute atomic E-state index is 0.191. The molecule has 0 atom stereocenters. The van der Waals surface area contributed by atoms with Crippen molar-refractivity contribution in [1.29, 1.82) is 0 Å². The van der Waals surface area contributed by atoms with Gasteiger partial charge in [-0.25, -0.2) is 4.39 Å². The predicted molar refractivity (Wildman–Crippen MR) is 99.5 cm³/mol. The Morgan fingerprint density at radius 3 is 2.48 bits per heavy atom. The van der Waals surface area contributed by atoms with Crippen LogP contribution in [0.25, 0.3) is 21.8 Å². The Morgan fingerprint density at radius 2 is 1.64 bits per heavy atom. The number of hydrogen-bond donors (Lipinski definition) is 1. The van der Waals surface area contributed by atoms with Crippen LogP contribution in [0.4, 0.5) is 4.39 Å². The lowest BCUT2D eigenvalue weighted by molar-refractivity contribution is 0.332. The summed E-state index contributed by atoms with van der Waals surface area (Å²) in [5.74, 6) is 0.621. The van der Waals surface area contributed by atoms with Crippen LogP contribution >= 0.6 is 0 Å². The molecule has 126 valence electrons. The quantitative estimate of drug-likeness (QED) is 0.590. The molecule has 0 unspecified atom stereocenters. The molecule has 0 aliphatic carbocycles. The second kappa shape index (κ2) is 6.57. The summed E-state index contributed by atoms with van der Waals surface area (Å²) in [5.41, 5.74) is 8.34. The molecule has 1 heterocycles. The van der Waals surface area contributed by atoms with Crippen LogP contribution in [0.5, 0.6) is 5.75 Å². The van der Waals surface area contributed by atoms with Crippen LogP contribution in [0.2, 0.25) is 0 Å². The number of fused-ring (bicyclic) bond motifs is 3. The SMILES string of the molecule is NCCOc1cccc2c1c1ccccc1n2Cc1ccccc1F. The van der Waals surface area contributed by atoms with E-state index in [4.69, 9.17) is 10.5 Å². The monoisotopic (exact) mass is 334 g/mol. The van der Waals surface area contributed by atoms with Crippen LogP contribution in [0, 0.1) is 5.82 Å². The van der Waals surface area contributed by atoms with E-state index in [2.05, 4.69) is 16.7 Å². The number of nitrogens with zero attached hydrogens (tertiary/aromatic N) is 1. The molecule has 2 N–H and O–H groups in total. The average molecular weight is 334 g/mol. The van der Waals surface area contributed by atoms with Crippen molar-refractivity contribution in [3.05, 3.63) is 78.1 Å². The van der Waals surface area contributed by atoms with Gasteiger partial charge >= 0.3 is 0 Å². The number of benzene rings is 3. The van der Waals surface area contributed by atoms with Crippen molar-refractivity contribution in [2.24, 2.45) is 5.73 Å². The van der Waals surface area contributed by atoms with Crippen molar-refractivity contribution >= 4 is 21.8 Å². The van der Waals surface area contributed by atoms with Gasteiger partial charge in [0.1, 0.15) is 18.2 Å². The average Bonchev–Trinajstić information content (AvgIpc) is 2.96. The third-order valence-electron chi connectivity index (χ3n) is 4.42. The van der Waals surface area contributed by atoms with E-state index in [1.54, 1.807) is 6.07 Å². The molecule has 0 spiro atoms. The zero-order valence-electron chi connectivity index (χ0n) is 13.8. The highest BCUT2D eigenvalue weighted by Crippen LogP contribution is 2.36. The van der Waals surface area contributed by atoms with Gasteiger partial charge in [-0.15, -0.1) is 0 Å². The maximum Gasteiger partial charge on any atom is 0.129 e. The summed E-state index contributed by atoms with van der Waals surface area (Å²) in [7, 11) is 0. The Balaban J connectivity index is 1.95. The first-order chi connectivity index (χ1) is 12.3. The van der Waals surface area contributed by atoms with E-state index in [-0.39, 0.29) is 5.82 Å². The second-order valence-corrected chi connectivity index (χ2v) is 5.98. The van der Waals surface area contributed by atoms with Gasteiger partial charge in [0.15, 0.2) is 0 Å². The number of aromatic nitrogens is 1.